The number of hydrogen-bond acceptors (Lipinski definition) is 4. The summed E-state index contributed by atoms with van der Waals surface area (Å²) in [6, 6.07) is 0. The molecule has 1 unspecified atom stereocenters. The molecule has 2 N–H and O–H groups in total. The Balaban J connectivity index is 1.86. The monoisotopic (exact) mass is 252 g/mol. The van der Waals surface area contributed by atoms with Gasteiger partial charge in [-0.3, -0.25) is 4.90 Å². The first-order valence-electron chi connectivity index (χ1n) is 6.79. The first kappa shape index (κ1) is 13.5. The Kier molecular flexibility index (Phi) is 4.74. The highest BCUT2D eigenvalue weighted by Gasteiger charge is 2.16. The normalized spacial score (nSPS) is 19.3. The number of hydrogen-bond donors (Lipinski definition) is 2. The fourth-order valence-electron chi connectivity index (χ4n) is 2.45. The molecule has 1 saturated heterocycles. The van der Waals surface area contributed by atoms with Crippen LogP contribution in [0, 0.1) is 0 Å². The van der Waals surface area contributed by atoms with Gasteiger partial charge in [0.05, 0.1) is 12.6 Å². The average Bonchev–Trinajstić information content (AvgIpc) is 2.78. The van der Waals surface area contributed by atoms with Crippen LogP contribution in [-0.4, -0.2) is 58.4 Å². The van der Waals surface area contributed by atoms with Crippen LogP contribution in [0.3, 0.4) is 0 Å². The maximum Gasteiger partial charge on any atom is 0.111 e. The Hall–Kier alpha value is -0.910. The van der Waals surface area contributed by atoms with Gasteiger partial charge in [0, 0.05) is 51.0 Å². The molecule has 18 heavy (non-hydrogen) atoms. The summed E-state index contributed by atoms with van der Waals surface area (Å²) >= 11 is 0. The van der Waals surface area contributed by atoms with Crippen LogP contribution in [0.5, 0.6) is 0 Å². The molecule has 5 nitrogen and oxygen atoms in total. The molecule has 1 aliphatic heterocycles. The van der Waals surface area contributed by atoms with Crippen molar-refractivity contribution >= 4 is 0 Å². The Morgan fingerprint density at radius 2 is 2.06 bits per heavy atom. The second-order valence-corrected chi connectivity index (χ2v) is 5.30. The fraction of sp³-hybridized carbons (Fsp3) is 0.769. The molecule has 0 spiro atoms. The largest absolute Gasteiger partial charge is 0.390 e. The van der Waals surface area contributed by atoms with Gasteiger partial charge in [-0.1, -0.05) is 13.8 Å². The highest BCUT2D eigenvalue weighted by Crippen LogP contribution is 2.12. The number of nitrogens with zero attached hydrogens (tertiary/aromatic N) is 3. The van der Waals surface area contributed by atoms with Crippen molar-refractivity contribution in [3.63, 3.8) is 0 Å². The average molecular weight is 252 g/mol. The van der Waals surface area contributed by atoms with E-state index in [2.05, 4.69) is 33.6 Å². The van der Waals surface area contributed by atoms with Gasteiger partial charge in [0.1, 0.15) is 5.82 Å². The van der Waals surface area contributed by atoms with E-state index in [0.717, 1.165) is 38.5 Å². The van der Waals surface area contributed by atoms with Gasteiger partial charge in [0.25, 0.3) is 0 Å². The number of aromatic nitrogens is 2. The van der Waals surface area contributed by atoms with Crippen LogP contribution in [0.2, 0.25) is 0 Å². The van der Waals surface area contributed by atoms with Gasteiger partial charge < -0.3 is 15.0 Å². The van der Waals surface area contributed by atoms with Gasteiger partial charge in [-0.2, -0.15) is 0 Å². The number of rotatable bonds is 5. The third kappa shape index (κ3) is 3.54. The van der Waals surface area contributed by atoms with Crippen LogP contribution >= 0.6 is 0 Å². The summed E-state index contributed by atoms with van der Waals surface area (Å²) in [6.07, 6.45) is 3.44. The molecule has 0 amide bonds. The van der Waals surface area contributed by atoms with Gasteiger partial charge in [0.2, 0.25) is 0 Å². The van der Waals surface area contributed by atoms with Crippen LogP contribution in [0.4, 0.5) is 0 Å². The van der Waals surface area contributed by atoms with Crippen molar-refractivity contribution in [3.8, 4) is 0 Å². The molecule has 0 radical (unpaired) electrons. The lowest BCUT2D eigenvalue weighted by Gasteiger charge is -2.29. The Morgan fingerprint density at radius 3 is 2.72 bits per heavy atom. The molecular weight excluding hydrogens is 228 g/mol. The predicted octanol–water partition coefficient (Wildman–Crippen LogP) is 0.273. The molecule has 5 heteroatoms. The Morgan fingerprint density at radius 1 is 1.33 bits per heavy atom. The quantitative estimate of drug-likeness (QED) is 0.790. The van der Waals surface area contributed by atoms with Gasteiger partial charge >= 0.3 is 0 Å². The third-order valence-electron chi connectivity index (χ3n) is 3.35. The number of imidazole rings is 1. The van der Waals surface area contributed by atoms with Crippen molar-refractivity contribution in [2.24, 2.45) is 0 Å². The number of nitrogens with one attached hydrogen (secondary N) is 1. The Bertz CT molecular complexity index is 358. The molecule has 0 bridgehead atoms. The summed E-state index contributed by atoms with van der Waals surface area (Å²) < 4.78 is 2.07. The molecule has 0 saturated carbocycles. The summed E-state index contributed by atoms with van der Waals surface area (Å²) in [7, 11) is 0. The maximum absolute atomic E-state index is 10.2. The number of piperazine rings is 1. The number of aliphatic hydroxyl groups excluding tert-OH is 1. The van der Waals surface area contributed by atoms with Crippen molar-refractivity contribution < 1.29 is 5.11 Å². The first-order chi connectivity index (χ1) is 8.66. The van der Waals surface area contributed by atoms with Crippen LogP contribution in [-0.2, 0) is 6.54 Å². The van der Waals surface area contributed by atoms with E-state index in [1.54, 1.807) is 0 Å². The van der Waals surface area contributed by atoms with E-state index in [9.17, 15) is 5.11 Å². The smallest absolute Gasteiger partial charge is 0.111 e. The lowest BCUT2D eigenvalue weighted by molar-refractivity contribution is 0.0909. The predicted molar refractivity (Wildman–Crippen MR) is 71.6 cm³/mol. The van der Waals surface area contributed by atoms with Crippen molar-refractivity contribution in [1.82, 2.24) is 19.8 Å². The second kappa shape index (κ2) is 6.31. The molecule has 102 valence electrons. The molecule has 1 atom stereocenters. The molecule has 2 heterocycles. The van der Waals surface area contributed by atoms with E-state index in [0.29, 0.717) is 12.5 Å². The zero-order valence-corrected chi connectivity index (χ0v) is 11.3. The summed E-state index contributed by atoms with van der Waals surface area (Å²) in [6.45, 7) is 9.73. The SMILES string of the molecule is CC(C)c1nccn1CC(O)CN1CCNCC1. The highest BCUT2D eigenvalue weighted by atomic mass is 16.3. The highest BCUT2D eigenvalue weighted by molar-refractivity contribution is 4.98. The van der Waals surface area contributed by atoms with Gasteiger partial charge in [0.15, 0.2) is 0 Å². The van der Waals surface area contributed by atoms with Crippen molar-refractivity contribution in [2.45, 2.75) is 32.4 Å². The third-order valence-corrected chi connectivity index (χ3v) is 3.35. The van der Waals surface area contributed by atoms with E-state index >= 15 is 0 Å². The fourth-order valence-corrected chi connectivity index (χ4v) is 2.45. The van der Waals surface area contributed by atoms with Crippen LogP contribution in [0.1, 0.15) is 25.6 Å². The summed E-state index contributed by atoms with van der Waals surface area (Å²) in [5, 5.41) is 13.5. The minimum absolute atomic E-state index is 0.324. The number of aliphatic hydroxyl groups is 1. The van der Waals surface area contributed by atoms with E-state index in [4.69, 9.17) is 0 Å². The van der Waals surface area contributed by atoms with E-state index in [-0.39, 0.29) is 6.10 Å². The van der Waals surface area contributed by atoms with Crippen molar-refractivity contribution in [2.75, 3.05) is 32.7 Å². The standard InChI is InChI=1S/C13H24N4O/c1-11(2)13-15-5-8-17(13)10-12(18)9-16-6-3-14-4-7-16/h5,8,11-12,14,18H,3-4,6-7,9-10H2,1-2H3. The van der Waals surface area contributed by atoms with Crippen LogP contribution in [0.15, 0.2) is 12.4 Å². The Labute approximate surface area is 109 Å². The first-order valence-corrected chi connectivity index (χ1v) is 6.79. The minimum atomic E-state index is -0.324. The van der Waals surface area contributed by atoms with Gasteiger partial charge in [-0.15, -0.1) is 0 Å². The number of β-amino-alcohol motifs (C(OH)–C–C–N with tert-alkyl or cyclic N) is 1. The zero-order valence-electron chi connectivity index (χ0n) is 11.3. The molecular formula is C13H24N4O. The second-order valence-electron chi connectivity index (χ2n) is 5.30. The minimum Gasteiger partial charge on any atom is -0.390 e. The van der Waals surface area contributed by atoms with E-state index in [1.165, 1.54) is 0 Å². The van der Waals surface area contributed by atoms with Crippen molar-refractivity contribution in [1.29, 1.82) is 0 Å². The summed E-state index contributed by atoms with van der Waals surface area (Å²) in [4.78, 5) is 6.66. The molecule has 0 aliphatic carbocycles. The molecule has 1 aromatic rings. The molecule has 1 fully saturated rings. The van der Waals surface area contributed by atoms with Crippen LogP contribution in [0.25, 0.3) is 0 Å². The lowest BCUT2D eigenvalue weighted by Crippen LogP contribution is -2.46. The summed E-state index contributed by atoms with van der Waals surface area (Å²) in [5.74, 6) is 1.45. The van der Waals surface area contributed by atoms with Crippen LogP contribution < -0.4 is 5.32 Å². The molecule has 1 aromatic heterocycles. The molecule has 1 aliphatic rings. The van der Waals surface area contributed by atoms with Gasteiger partial charge in [-0.25, -0.2) is 4.98 Å². The maximum atomic E-state index is 10.2. The lowest BCUT2D eigenvalue weighted by atomic mass is 10.2. The van der Waals surface area contributed by atoms with E-state index in [1.807, 2.05) is 12.4 Å². The topological polar surface area (TPSA) is 53.3 Å². The van der Waals surface area contributed by atoms with Crippen molar-refractivity contribution in [3.05, 3.63) is 18.2 Å². The van der Waals surface area contributed by atoms with E-state index < -0.39 is 0 Å². The molecule has 0 aromatic carbocycles. The summed E-state index contributed by atoms with van der Waals surface area (Å²) in [5.41, 5.74) is 0. The molecule has 2 rings (SSSR count). The zero-order chi connectivity index (χ0) is 13.0. The van der Waals surface area contributed by atoms with Gasteiger partial charge in [-0.05, 0) is 0 Å².